The van der Waals surface area contributed by atoms with Gasteiger partial charge in [-0.2, -0.15) is 8.42 Å². The quantitative estimate of drug-likeness (QED) is 0.311. The fourth-order valence-electron chi connectivity index (χ4n) is 0.520. The molecule has 0 saturated carbocycles. The van der Waals surface area contributed by atoms with Gasteiger partial charge in [0, 0.05) is 0 Å². The summed E-state index contributed by atoms with van der Waals surface area (Å²) in [5.41, 5.74) is 0. The van der Waals surface area contributed by atoms with E-state index >= 15 is 0 Å². The minimum Gasteiger partial charge on any atom is -0.481 e. The Morgan fingerprint density at radius 3 is 1.93 bits per heavy atom. The van der Waals surface area contributed by atoms with E-state index in [1.807, 2.05) is 0 Å². The van der Waals surface area contributed by atoms with Crippen molar-refractivity contribution in [3.05, 3.63) is 0 Å². The summed E-state index contributed by atoms with van der Waals surface area (Å²) in [5, 5.41) is 25.2. The predicted octanol–water partition coefficient (Wildman–Crippen LogP) is -1.95. The molecule has 0 radical (unpaired) electrons. The standard InChI is InChI=1S/C4H6O9S/c5-2(6)1-4(9,3(7)8)13-14(10,11)12/h9H,1H2,(H,5,6)(H,7,8)(H,10,11,12). The normalized spacial score (nSPS) is 15.9. The molecule has 0 aromatic rings. The van der Waals surface area contributed by atoms with Crippen LogP contribution in [0.5, 0.6) is 0 Å². The van der Waals surface area contributed by atoms with Crippen LogP contribution in [-0.2, 0) is 24.2 Å². The second-order valence-electron chi connectivity index (χ2n) is 2.17. The molecule has 9 nitrogen and oxygen atoms in total. The molecule has 14 heavy (non-hydrogen) atoms. The minimum absolute atomic E-state index is 1.54. The Balaban J connectivity index is 4.92. The summed E-state index contributed by atoms with van der Waals surface area (Å²) in [6, 6.07) is 0. The lowest BCUT2D eigenvalue weighted by atomic mass is 10.2. The summed E-state index contributed by atoms with van der Waals surface area (Å²) in [6.07, 6.45) is -1.54. The third-order valence-electron chi connectivity index (χ3n) is 0.968. The molecule has 0 amide bonds. The van der Waals surface area contributed by atoms with E-state index < -0.39 is 34.5 Å². The second kappa shape index (κ2) is 3.88. The van der Waals surface area contributed by atoms with Crippen LogP contribution >= 0.6 is 0 Å². The first-order valence-corrected chi connectivity index (χ1v) is 4.29. The third kappa shape index (κ3) is 4.13. The van der Waals surface area contributed by atoms with E-state index in [2.05, 4.69) is 4.18 Å². The van der Waals surface area contributed by atoms with Crippen molar-refractivity contribution in [2.45, 2.75) is 12.2 Å². The fourth-order valence-corrected chi connectivity index (χ4v) is 0.999. The molecule has 0 aromatic heterocycles. The average molecular weight is 230 g/mol. The third-order valence-corrected chi connectivity index (χ3v) is 1.45. The number of carboxylic acids is 2. The summed E-state index contributed by atoms with van der Waals surface area (Å²) in [6.45, 7) is 0. The molecule has 1 atom stereocenters. The zero-order chi connectivity index (χ0) is 11.6. The number of carbonyl (C=O) groups is 2. The highest BCUT2D eigenvalue weighted by molar-refractivity contribution is 7.81. The van der Waals surface area contributed by atoms with Crippen LogP contribution < -0.4 is 0 Å². The van der Waals surface area contributed by atoms with Crippen molar-refractivity contribution in [3.63, 3.8) is 0 Å². The predicted molar refractivity (Wildman–Crippen MR) is 37.5 cm³/mol. The Morgan fingerprint density at radius 2 is 1.71 bits per heavy atom. The molecule has 0 spiro atoms. The van der Waals surface area contributed by atoms with E-state index in [9.17, 15) is 18.0 Å². The number of hydrogen-bond donors (Lipinski definition) is 4. The first-order valence-electron chi connectivity index (χ1n) is 2.92. The van der Waals surface area contributed by atoms with Crippen LogP contribution in [-0.4, -0.2) is 46.0 Å². The van der Waals surface area contributed by atoms with E-state index in [1.54, 1.807) is 0 Å². The molecule has 0 saturated heterocycles. The second-order valence-corrected chi connectivity index (χ2v) is 3.19. The van der Waals surface area contributed by atoms with Gasteiger partial charge < -0.3 is 15.3 Å². The van der Waals surface area contributed by atoms with Crippen LogP contribution in [0.15, 0.2) is 0 Å². The minimum atomic E-state index is -5.27. The first kappa shape index (κ1) is 12.8. The molecule has 4 N–H and O–H groups in total. The van der Waals surface area contributed by atoms with Crippen LogP contribution in [0.2, 0.25) is 0 Å². The molecule has 0 fully saturated rings. The number of rotatable bonds is 5. The van der Waals surface area contributed by atoms with Gasteiger partial charge in [0.1, 0.15) is 6.42 Å². The van der Waals surface area contributed by atoms with Crippen molar-refractivity contribution in [2.24, 2.45) is 0 Å². The Morgan fingerprint density at radius 1 is 1.29 bits per heavy atom. The molecule has 0 rings (SSSR count). The summed E-state index contributed by atoms with van der Waals surface area (Å²) in [4.78, 5) is 20.2. The van der Waals surface area contributed by atoms with Crippen LogP contribution in [0.3, 0.4) is 0 Å². The maximum Gasteiger partial charge on any atom is 0.400 e. The van der Waals surface area contributed by atoms with Crippen molar-refractivity contribution in [3.8, 4) is 0 Å². The van der Waals surface area contributed by atoms with Crippen molar-refractivity contribution in [1.82, 2.24) is 0 Å². The molecule has 0 aromatic carbocycles. The first-order chi connectivity index (χ1) is 6.07. The number of aliphatic carboxylic acids is 2. The lowest BCUT2D eigenvalue weighted by Crippen LogP contribution is -2.44. The van der Waals surface area contributed by atoms with E-state index in [0.717, 1.165) is 0 Å². The average Bonchev–Trinajstić information content (AvgIpc) is 1.79. The van der Waals surface area contributed by atoms with E-state index in [-0.39, 0.29) is 0 Å². The summed E-state index contributed by atoms with van der Waals surface area (Å²) in [7, 11) is -5.27. The Bertz CT molecular complexity index is 342. The van der Waals surface area contributed by atoms with Crippen molar-refractivity contribution in [2.75, 3.05) is 0 Å². The maximum atomic E-state index is 10.2. The van der Waals surface area contributed by atoms with Gasteiger partial charge in [-0.05, 0) is 0 Å². The molecule has 0 bridgehead atoms. The SMILES string of the molecule is O=C(O)CC(O)(OS(=O)(=O)O)C(=O)O. The van der Waals surface area contributed by atoms with Gasteiger partial charge in [-0.15, -0.1) is 0 Å². The Labute approximate surface area is 77.5 Å². The van der Waals surface area contributed by atoms with E-state index in [1.165, 1.54) is 0 Å². The van der Waals surface area contributed by atoms with Gasteiger partial charge in [-0.25, -0.2) is 8.98 Å². The van der Waals surface area contributed by atoms with Crippen LogP contribution in [0.25, 0.3) is 0 Å². The van der Waals surface area contributed by atoms with Crippen molar-refractivity contribution < 1.29 is 42.1 Å². The number of hydrogen-bond acceptors (Lipinski definition) is 6. The van der Waals surface area contributed by atoms with Gasteiger partial charge in [0.2, 0.25) is 0 Å². The fraction of sp³-hybridized carbons (Fsp3) is 0.500. The Kier molecular flexibility index (Phi) is 3.53. The van der Waals surface area contributed by atoms with Crippen LogP contribution in [0, 0.1) is 0 Å². The molecule has 10 heteroatoms. The molecular formula is C4H6O9S. The van der Waals surface area contributed by atoms with Crippen LogP contribution in [0.1, 0.15) is 6.42 Å². The Hall–Kier alpha value is -1.23. The summed E-state index contributed by atoms with van der Waals surface area (Å²) < 4.78 is 31.4. The molecule has 0 aliphatic rings. The van der Waals surface area contributed by atoms with Gasteiger partial charge in [0.05, 0.1) is 0 Å². The molecule has 82 valence electrons. The van der Waals surface area contributed by atoms with Gasteiger partial charge in [-0.3, -0.25) is 9.35 Å². The zero-order valence-corrected chi connectivity index (χ0v) is 7.26. The maximum absolute atomic E-state index is 10.2. The van der Waals surface area contributed by atoms with Gasteiger partial charge in [0.25, 0.3) is 5.79 Å². The van der Waals surface area contributed by atoms with E-state index in [4.69, 9.17) is 19.9 Å². The molecular weight excluding hydrogens is 224 g/mol. The van der Waals surface area contributed by atoms with Crippen molar-refractivity contribution >= 4 is 22.3 Å². The highest BCUT2D eigenvalue weighted by Crippen LogP contribution is 2.15. The highest BCUT2D eigenvalue weighted by Gasteiger charge is 2.44. The largest absolute Gasteiger partial charge is 0.481 e. The highest BCUT2D eigenvalue weighted by atomic mass is 32.3. The number of carboxylic acid groups (broad SMARTS) is 2. The van der Waals surface area contributed by atoms with Gasteiger partial charge in [-0.1, -0.05) is 0 Å². The molecule has 0 aliphatic carbocycles. The van der Waals surface area contributed by atoms with Crippen LogP contribution in [0.4, 0.5) is 0 Å². The topological polar surface area (TPSA) is 158 Å². The molecule has 0 aliphatic heterocycles. The van der Waals surface area contributed by atoms with Gasteiger partial charge >= 0.3 is 22.3 Å². The van der Waals surface area contributed by atoms with E-state index in [0.29, 0.717) is 0 Å². The lowest BCUT2D eigenvalue weighted by Gasteiger charge is -2.18. The van der Waals surface area contributed by atoms with Gasteiger partial charge in [0.15, 0.2) is 0 Å². The lowest BCUT2D eigenvalue weighted by molar-refractivity contribution is -0.200. The molecule has 0 heterocycles. The monoisotopic (exact) mass is 230 g/mol. The summed E-state index contributed by atoms with van der Waals surface area (Å²) >= 11 is 0. The smallest absolute Gasteiger partial charge is 0.400 e. The zero-order valence-electron chi connectivity index (χ0n) is 6.45. The number of aliphatic hydroxyl groups is 1. The molecule has 1 unspecified atom stereocenters. The van der Waals surface area contributed by atoms with Crippen molar-refractivity contribution in [1.29, 1.82) is 0 Å². The summed E-state index contributed by atoms with van der Waals surface area (Å²) in [5.74, 6) is -7.59.